The standard InChI is InChI=1S/C28H44O4/c1-5-9-11-21(7-3)19-31-27(29)25-15-13-24-18-26(16-14-23(24)17-25)28(30)32-20-22(8-4)12-10-6-2/h13,15,17,21-22,26H,5-12,14,16,18-20H2,1-4H3. The zero-order valence-electron chi connectivity index (χ0n) is 20.8. The third-order valence-electron chi connectivity index (χ3n) is 7.00. The molecule has 0 saturated heterocycles. The molecule has 2 rings (SSSR count). The van der Waals surface area contributed by atoms with Crippen molar-refractivity contribution in [1.82, 2.24) is 0 Å². The number of fused-ring (bicyclic) bond motifs is 1. The summed E-state index contributed by atoms with van der Waals surface area (Å²) in [7, 11) is 0. The largest absolute Gasteiger partial charge is 0.465 e. The Labute approximate surface area is 195 Å². The van der Waals surface area contributed by atoms with Crippen LogP contribution in [-0.2, 0) is 27.1 Å². The Kier molecular flexibility index (Phi) is 11.8. The summed E-state index contributed by atoms with van der Waals surface area (Å²) >= 11 is 0. The molecule has 0 saturated carbocycles. The lowest BCUT2D eigenvalue weighted by Crippen LogP contribution is -2.26. The summed E-state index contributed by atoms with van der Waals surface area (Å²) in [4.78, 5) is 25.2. The highest BCUT2D eigenvalue weighted by Crippen LogP contribution is 2.28. The molecule has 4 nitrogen and oxygen atoms in total. The zero-order valence-corrected chi connectivity index (χ0v) is 20.8. The van der Waals surface area contributed by atoms with Crippen LogP contribution in [0.3, 0.4) is 0 Å². The van der Waals surface area contributed by atoms with Gasteiger partial charge in [0.2, 0.25) is 0 Å². The van der Waals surface area contributed by atoms with Crippen molar-refractivity contribution in [2.45, 2.75) is 98.3 Å². The lowest BCUT2D eigenvalue weighted by Gasteiger charge is -2.24. The molecule has 4 heteroatoms. The van der Waals surface area contributed by atoms with Crippen LogP contribution in [0.2, 0.25) is 0 Å². The number of carbonyl (C=O) groups excluding carboxylic acids is 2. The quantitative estimate of drug-likeness (QED) is 0.292. The van der Waals surface area contributed by atoms with Gasteiger partial charge in [-0.05, 0) is 67.2 Å². The first-order valence-electron chi connectivity index (χ1n) is 13.0. The van der Waals surface area contributed by atoms with E-state index in [0.29, 0.717) is 37.0 Å². The van der Waals surface area contributed by atoms with Gasteiger partial charge in [-0.2, -0.15) is 0 Å². The number of benzene rings is 1. The van der Waals surface area contributed by atoms with Crippen LogP contribution >= 0.6 is 0 Å². The number of unbranched alkanes of at least 4 members (excludes halogenated alkanes) is 2. The lowest BCUT2D eigenvalue weighted by atomic mass is 9.83. The molecule has 1 aromatic carbocycles. The van der Waals surface area contributed by atoms with Crippen molar-refractivity contribution < 1.29 is 19.1 Å². The molecule has 0 fully saturated rings. The fourth-order valence-corrected chi connectivity index (χ4v) is 4.47. The van der Waals surface area contributed by atoms with Crippen molar-refractivity contribution in [2.75, 3.05) is 13.2 Å². The van der Waals surface area contributed by atoms with Crippen molar-refractivity contribution in [3.63, 3.8) is 0 Å². The number of hydrogen-bond donors (Lipinski definition) is 0. The molecule has 0 N–H and O–H groups in total. The van der Waals surface area contributed by atoms with Gasteiger partial charge in [0.25, 0.3) is 0 Å². The van der Waals surface area contributed by atoms with E-state index in [1.807, 2.05) is 18.2 Å². The minimum Gasteiger partial charge on any atom is -0.465 e. The van der Waals surface area contributed by atoms with E-state index in [1.165, 1.54) is 25.7 Å². The maximum Gasteiger partial charge on any atom is 0.338 e. The monoisotopic (exact) mass is 444 g/mol. The minimum atomic E-state index is -0.234. The number of ether oxygens (including phenoxy) is 2. The Balaban J connectivity index is 1.87. The highest BCUT2D eigenvalue weighted by Gasteiger charge is 2.27. The van der Waals surface area contributed by atoms with Crippen LogP contribution in [0.1, 0.15) is 107 Å². The van der Waals surface area contributed by atoms with E-state index >= 15 is 0 Å². The van der Waals surface area contributed by atoms with Gasteiger partial charge in [-0.25, -0.2) is 4.79 Å². The summed E-state index contributed by atoms with van der Waals surface area (Å²) < 4.78 is 11.3. The van der Waals surface area contributed by atoms with Crippen molar-refractivity contribution >= 4 is 11.9 Å². The molecule has 0 aliphatic heterocycles. The van der Waals surface area contributed by atoms with Crippen LogP contribution in [0, 0.1) is 17.8 Å². The molecule has 1 aliphatic carbocycles. The maximum absolute atomic E-state index is 12.6. The number of hydrogen-bond acceptors (Lipinski definition) is 4. The lowest BCUT2D eigenvalue weighted by molar-refractivity contribution is -0.150. The molecule has 3 unspecified atom stereocenters. The van der Waals surface area contributed by atoms with E-state index in [9.17, 15) is 9.59 Å². The fourth-order valence-electron chi connectivity index (χ4n) is 4.47. The van der Waals surface area contributed by atoms with E-state index < -0.39 is 0 Å². The van der Waals surface area contributed by atoms with Gasteiger partial charge < -0.3 is 9.47 Å². The second-order valence-electron chi connectivity index (χ2n) is 9.48. The molecule has 0 radical (unpaired) electrons. The summed E-state index contributed by atoms with van der Waals surface area (Å²) in [5, 5.41) is 0. The molecule has 0 heterocycles. The third kappa shape index (κ3) is 8.26. The Morgan fingerprint density at radius 1 is 0.906 bits per heavy atom. The molecule has 0 amide bonds. The van der Waals surface area contributed by atoms with E-state index in [2.05, 4.69) is 27.7 Å². The van der Waals surface area contributed by atoms with Gasteiger partial charge in [-0.3, -0.25) is 4.79 Å². The SMILES string of the molecule is CCCCC(CC)COC(=O)c1ccc2c(c1)CCC(C(=O)OCC(CC)CCCC)C2. The van der Waals surface area contributed by atoms with E-state index in [1.54, 1.807) is 0 Å². The van der Waals surface area contributed by atoms with Gasteiger partial charge in [0, 0.05) is 0 Å². The molecule has 3 atom stereocenters. The second-order valence-corrected chi connectivity index (χ2v) is 9.48. The van der Waals surface area contributed by atoms with Crippen molar-refractivity contribution in [2.24, 2.45) is 17.8 Å². The molecule has 1 aromatic rings. The summed E-state index contributed by atoms with van der Waals surface area (Å²) in [5.74, 6) is 0.539. The van der Waals surface area contributed by atoms with Gasteiger partial charge in [0.05, 0.1) is 24.7 Å². The predicted molar refractivity (Wildman–Crippen MR) is 130 cm³/mol. The van der Waals surface area contributed by atoms with Gasteiger partial charge in [-0.1, -0.05) is 72.3 Å². The first kappa shape index (κ1) is 26.4. The van der Waals surface area contributed by atoms with Gasteiger partial charge in [0.1, 0.15) is 0 Å². The molecule has 32 heavy (non-hydrogen) atoms. The first-order chi connectivity index (χ1) is 15.5. The molecule has 0 bridgehead atoms. The zero-order chi connectivity index (χ0) is 23.3. The normalized spacial score (nSPS) is 17.3. The maximum atomic E-state index is 12.6. The smallest absolute Gasteiger partial charge is 0.338 e. The van der Waals surface area contributed by atoms with E-state index in [0.717, 1.165) is 49.7 Å². The molecule has 1 aliphatic rings. The third-order valence-corrected chi connectivity index (χ3v) is 7.00. The average Bonchev–Trinajstić information content (AvgIpc) is 2.83. The summed E-state index contributed by atoms with van der Waals surface area (Å²) in [6, 6.07) is 5.81. The van der Waals surface area contributed by atoms with Crippen molar-refractivity contribution in [3.05, 3.63) is 34.9 Å². The number of rotatable bonds is 14. The minimum absolute atomic E-state index is 0.0632. The first-order valence-corrected chi connectivity index (χ1v) is 13.0. The number of esters is 2. The number of aryl methyl sites for hydroxylation is 1. The van der Waals surface area contributed by atoms with E-state index in [4.69, 9.17) is 9.47 Å². The van der Waals surface area contributed by atoms with Crippen molar-refractivity contribution in [3.8, 4) is 0 Å². The van der Waals surface area contributed by atoms with Crippen molar-refractivity contribution in [1.29, 1.82) is 0 Å². The summed E-state index contributed by atoms with van der Waals surface area (Å²) in [5.41, 5.74) is 2.94. The predicted octanol–water partition coefficient (Wildman–Crippen LogP) is 6.92. The molecule has 180 valence electrons. The Hall–Kier alpha value is -1.84. The summed E-state index contributed by atoms with van der Waals surface area (Å²) in [6.07, 6.45) is 11.3. The topological polar surface area (TPSA) is 52.6 Å². The summed E-state index contributed by atoms with van der Waals surface area (Å²) in [6.45, 7) is 9.74. The van der Waals surface area contributed by atoms with Crippen LogP contribution in [0.25, 0.3) is 0 Å². The average molecular weight is 445 g/mol. The van der Waals surface area contributed by atoms with Crippen LogP contribution in [-0.4, -0.2) is 25.2 Å². The molecule has 0 spiro atoms. The Morgan fingerprint density at radius 2 is 1.53 bits per heavy atom. The van der Waals surface area contributed by atoms with Gasteiger partial charge in [0.15, 0.2) is 0 Å². The van der Waals surface area contributed by atoms with Gasteiger partial charge >= 0.3 is 11.9 Å². The Bertz CT molecular complexity index is 711. The molecule has 0 aromatic heterocycles. The van der Waals surface area contributed by atoms with E-state index in [-0.39, 0.29) is 17.9 Å². The number of carbonyl (C=O) groups is 2. The highest BCUT2D eigenvalue weighted by molar-refractivity contribution is 5.89. The second kappa shape index (κ2) is 14.3. The van der Waals surface area contributed by atoms with Crippen LogP contribution in [0.4, 0.5) is 0 Å². The van der Waals surface area contributed by atoms with Crippen LogP contribution in [0.5, 0.6) is 0 Å². The van der Waals surface area contributed by atoms with Crippen LogP contribution < -0.4 is 0 Å². The molecular weight excluding hydrogens is 400 g/mol. The fraction of sp³-hybridized carbons (Fsp3) is 0.714. The van der Waals surface area contributed by atoms with Crippen LogP contribution in [0.15, 0.2) is 18.2 Å². The molecular formula is C28H44O4. The van der Waals surface area contributed by atoms with Gasteiger partial charge in [-0.15, -0.1) is 0 Å². The highest BCUT2D eigenvalue weighted by atomic mass is 16.5. The Morgan fingerprint density at radius 3 is 2.12 bits per heavy atom.